The predicted octanol–water partition coefficient (Wildman–Crippen LogP) is 4.35. The van der Waals surface area contributed by atoms with Gasteiger partial charge in [-0.15, -0.1) is 6.58 Å². The SMILES string of the molecule is C=CC[C@@H]1C[C@]1(NC(=O)[C@@H]1C[C@@H](O/N=C2\CCCc3cc(OC)c(OC)cc32)CN1C(=O)[C@@H](NC(=O)OC1CCCC1)C(C)(C)C)C(=O)O. The molecule has 5 atom stereocenters. The molecule has 13 heteroatoms. The van der Waals surface area contributed by atoms with Crippen molar-refractivity contribution < 1.29 is 43.3 Å². The fourth-order valence-corrected chi connectivity index (χ4v) is 7.29. The molecule has 0 radical (unpaired) electrons. The number of carboxylic acids is 1. The molecule has 1 aromatic rings. The number of hydrogen-bond donors (Lipinski definition) is 3. The van der Waals surface area contributed by atoms with Crippen LogP contribution in [-0.4, -0.2) is 90.2 Å². The van der Waals surface area contributed by atoms with Gasteiger partial charge < -0.3 is 39.7 Å². The van der Waals surface area contributed by atoms with Gasteiger partial charge in [0, 0.05) is 12.0 Å². The molecule has 0 bridgehead atoms. The molecule has 49 heavy (non-hydrogen) atoms. The standard InChI is InChI=1S/C36H50N4O9/c1-7-11-22-19-36(22,33(43)44)38-31(41)27-17-24(49-39-26-15-10-12-21-16-28(46-5)29(47-6)18-25(21)26)20-40(27)32(42)30(35(2,3)4)37-34(45)48-23-13-8-9-14-23/h7,16,18,22-24,27,30H,1,8-15,17,19-20H2,2-6H3,(H,37,45)(H,38,41)(H,43,44)/b39-26+/t22-,24-,27+,30-,36-/m1/s1. The van der Waals surface area contributed by atoms with Gasteiger partial charge in [0.1, 0.15) is 29.8 Å². The number of carbonyl (C=O) groups excluding carboxylic acids is 3. The van der Waals surface area contributed by atoms with Gasteiger partial charge in [0.25, 0.3) is 0 Å². The number of allylic oxidation sites excluding steroid dienone is 1. The zero-order chi connectivity index (χ0) is 35.5. The van der Waals surface area contributed by atoms with Crippen LogP contribution in [0.3, 0.4) is 0 Å². The Morgan fingerprint density at radius 3 is 2.41 bits per heavy atom. The topological polar surface area (TPSA) is 165 Å². The Bertz CT molecular complexity index is 1480. The minimum atomic E-state index is -1.43. The molecule has 3 amide bonds. The van der Waals surface area contributed by atoms with Gasteiger partial charge in [0.2, 0.25) is 11.8 Å². The highest BCUT2D eigenvalue weighted by Crippen LogP contribution is 2.47. The van der Waals surface area contributed by atoms with E-state index in [2.05, 4.69) is 22.4 Å². The quantitative estimate of drug-likeness (QED) is 0.215. The number of benzene rings is 1. The van der Waals surface area contributed by atoms with Gasteiger partial charge in [-0.05, 0) is 86.8 Å². The molecule has 3 N–H and O–H groups in total. The summed E-state index contributed by atoms with van der Waals surface area (Å²) < 4.78 is 16.6. The first-order chi connectivity index (χ1) is 23.3. The molecule has 1 heterocycles. The van der Waals surface area contributed by atoms with Crippen LogP contribution in [0.1, 0.15) is 89.7 Å². The summed E-state index contributed by atoms with van der Waals surface area (Å²) >= 11 is 0. The number of amides is 3. The summed E-state index contributed by atoms with van der Waals surface area (Å²) in [5, 5.41) is 20.1. The zero-order valence-corrected chi connectivity index (χ0v) is 29.2. The summed E-state index contributed by atoms with van der Waals surface area (Å²) in [6.07, 6.45) is 6.73. The van der Waals surface area contributed by atoms with E-state index in [1.54, 1.807) is 20.3 Å². The van der Waals surface area contributed by atoms with E-state index in [1.807, 2.05) is 32.9 Å². The molecular formula is C36H50N4O9. The maximum Gasteiger partial charge on any atom is 0.408 e. The second-order valence-corrected chi connectivity index (χ2v) is 14.7. The molecule has 3 aliphatic carbocycles. The van der Waals surface area contributed by atoms with Crippen molar-refractivity contribution in [3.8, 4) is 11.5 Å². The second-order valence-electron chi connectivity index (χ2n) is 14.7. The lowest BCUT2D eigenvalue weighted by Crippen LogP contribution is -2.59. The van der Waals surface area contributed by atoms with Gasteiger partial charge in [-0.1, -0.05) is 32.0 Å². The van der Waals surface area contributed by atoms with Crippen LogP contribution < -0.4 is 20.1 Å². The number of aryl methyl sites for hydroxylation is 1. The maximum atomic E-state index is 14.3. The number of alkyl carbamates (subject to hydrolysis) is 1. The molecule has 0 unspecified atom stereocenters. The fraction of sp³-hybridized carbons (Fsp3) is 0.639. The Kier molecular flexibility index (Phi) is 10.8. The Labute approximate surface area is 287 Å². The fourth-order valence-electron chi connectivity index (χ4n) is 7.29. The van der Waals surface area contributed by atoms with E-state index in [0.29, 0.717) is 30.1 Å². The normalized spacial score (nSPS) is 26.3. The van der Waals surface area contributed by atoms with Crippen LogP contribution in [0.4, 0.5) is 4.79 Å². The molecule has 268 valence electrons. The van der Waals surface area contributed by atoms with E-state index in [0.717, 1.165) is 49.7 Å². The smallest absolute Gasteiger partial charge is 0.408 e. The maximum absolute atomic E-state index is 14.3. The van der Waals surface area contributed by atoms with Crippen molar-refractivity contribution in [2.45, 2.75) is 115 Å². The van der Waals surface area contributed by atoms with Crippen LogP contribution in [0.15, 0.2) is 29.9 Å². The third-order valence-corrected chi connectivity index (χ3v) is 10.2. The van der Waals surface area contributed by atoms with E-state index in [1.165, 1.54) is 4.90 Å². The number of ether oxygens (including phenoxy) is 3. The number of carboxylic acid groups (broad SMARTS) is 1. The average molecular weight is 683 g/mol. The summed E-state index contributed by atoms with van der Waals surface area (Å²) in [7, 11) is 3.16. The highest BCUT2D eigenvalue weighted by Gasteiger charge is 2.62. The average Bonchev–Trinajstić information content (AvgIpc) is 3.36. The van der Waals surface area contributed by atoms with Crippen molar-refractivity contribution in [1.82, 2.24) is 15.5 Å². The molecular weight excluding hydrogens is 632 g/mol. The summed E-state index contributed by atoms with van der Waals surface area (Å²) in [6, 6.07) is 1.73. The first-order valence-corrected chi connectivity index (χ1v) is 17.2. The minimum absolute atomic E-state index is 0.00851. The van der Waals surface area contributed by atoms with Gasteiger partial charge in [-0.2, -0.15) is 0 Å². The van der Waals surface area contributed by atoms with Crippen LogP contribution in [0.2, 0.25) is 0 Å². The molecule has 3 fully saturated rings. The molecule has 1 aromatic carbocycles. The van der Waals surface area contributed by atoms with E-state index >= 15 is 0 Å². The summed E-state index contributed by atoms with van der Waals surface area (Å²) in [6.45, 7) is 9.19. The van der Waals surface area contributed by atoms with Crippen molar-refractivity contribution in [2.75, 3.05) is 20.8 Å². The summed E-state index contributed by atoms with van der Waals surface area (Å²) in [5.41, 5.74) is 0.468. The molecule has 5 rings (SSSR count). The first-order valence-electron chi connectivity index (χ1n) is 17.2. The molecule has 0 aromatic heterocycles. The monoisotopic (exact) mass is 682 g/mol. The summed E-state index contributed by atoms with van der Waals surface area (Å²) in [4.78, 5) is 61.0. The number of aliphatic carboxylic acids is 1. The van der Waals surface area contributed by atoms with E-state index in [4.69, 9.17) is 19.0 Å². The third-order valence-electron chi connectivity index (χ3n) is 10.2. The van der Waals surface area contributed by atoms with Crippen molar-refractivity contribution in [3.05, 3.63) is 35.9 Å². The number of hydrogen-bond acceptors (Lipinski definition) is 9. The first kappa shape index (κ1) is 36.0. The number of nitrogens with zero attached hydrogens (tertiary/aromatic N) is 2. The van der Waals surface area contributed by atoms with E-state index < -0.39 is 53.0 Å². The number of likely N-dealkylation sites (tertiary alicyclic amines) is 1. The van der Waals surface area contributed by atoms with Crippen LogP contribution in [0, 0.1) is 11.3 Å². The second kappa shape index (κ2) is 14.7. The van der Waals surface area contributed by atoms with Gasteiger partial charge in [0.05, 0.1) is 26.5 Å². The molecule has 0 spiro atoms. The van der Waals surface area contributed by atoms with Crippen LogP contribution in [0.25, 0.3) is 0 Å². The molecule has 1 saturated heterocycles. The Morgan fingerprint density at radius 2 is 1.78 bits per heavy atom. The Hall–Kier alpha value is -4.29. The van der Waals surface area contributed by atoms with Crippen molar-refractivity contribution in [1.29, 1.82) is 0 Å². The number of oxime groups is 1. The van der Waals surface area contributed by atoms with Crippen molar-refractivity contribution >= 4 is 29.6 Å². The van der Waals surface area contributed by atoms with Crippen molar-refractivity contribution in [3.63, 3.8) is 0 Å². The number of carbonyl (C=O) groups is 4. The van der Waals surface area contributed by atoms with Gasteiger partial charge >= 0.3 is 12.1 Å². The zero-order valence-electron chi connectivity index (χ0n) is 29.2. The number of fused-ring (bicyclic) bond motifs is 1. The minimum Gasteiger partial charge on any atom is -0.493 e. The van der Waals surface area contributed by atoms with Crippen LogP contribution >= 0.6 is 0 Å². The van der Waals surface area contributed by atoms with Crippen molar-refractivity contribution in [2.24, 2.45) is 16.5 Å². The van der Waals surface area contributed by atoms with E-state index in [9.17, 15) is 24.3 Å². The Balaban J connectivity index is 1.39. The molecule has 1 aliphatic heterocycles. The lowest BCUT2D eigenvalue weighted by molar-refractivity contribution is -0.146. The van der Waals surface area contributed by atoms with Crippen LogP contribution in [-0.2, 0) is 30.4 Å². The summed E-state index contributed by atoms with van der Waals surface area (Å²) in [5.74, 6) is -1.32. The lowest BCUT2D eigenvalue weighted by Gasteiger charge is -2.35. The van der Waals surface area contributed by atoms with Gasteiger partial charge in [-0.3, -0.25) is 9.59 Å². The van der Waals surface area contributed by atoms with Crippen LogP contribution in [0.5, 0.6) is 11.5 Å². The molecule has 13 nitrogen and oxygen atoms in total. The van der Waals surface area contributed by atoms with E-state index in [-0.39, 0.29) is 31.4 Å². The lowest BCUT2D eigenvalue weighted by atomic mass is 9.85. The van der Waals surface area contributed by atoms with Gasteiger partial charge in [0.15, 0.2) is 11.5 Å². The van der Waals surface area contributed by atoms with Gasteiger partial charge in [-0.25, -0.2) is 9.59 Å². The Morgan fingerprint density at radius 1 is 1.08 bits per heavy atom. The molecule has 2 saturated carbocycles. The molecule has 4 aliphatic rings. The highest BCUT2D eigenvalue weighted by atomic mass is 16.6. The predicted molar refractivity (Wildman–Crippen MR) is 181 cm³/mol. The third kappa shape index (κ3) is 7.80. The largest absolute Gasteiger partial charge is 0.493 e. The number of rotatable bonds is 12. The number of methoxy groups -OCH3 is 2. The highest BCUT2D eigenvalue weighted by molar-refractivity contribution is 6.03. The number of nitrogens with one attached hydrogen (secondary N) is 2.